The van der Waals surface area contributed by atoms with Gasteiger partial charge in [-0.2, -0.15) is 0 Å². The first-order chi connectivity index (χ1) is 11.1. The lowest BCUT2D eigenvalue weighted by atomic mass is 10.2. The van der Waals surface area contributed by atoms with Crippen molar-refractivity contribution in [1.82, 2.24) is 20.5 Å². The number of morpholine rings is 1. The van der Waals surface area contributed by atoms with E-state index >= 15 is 0 Å². The maximum Gasteiger partial charge on any atom is 0.241 e. The normalized spacial score (nSPS) is 17.5. The number of hydrogen-bond donors (Lipinski definition) is 2. The first kappa shape index (κ1) is 17.4. The minimum atomic E-state index is -0.139. The average Bonchev–Trinajstić information content (AvgIpc) is 2.59. The van der Waals surface area contributed by atoms with E-state index in [1.165, 1.54) is 0 Å². The van der Waals surface area contributed by atoms with Crippen LogP contribution in [0.1, 0.15) is 12.1 Å². The third-order valence-electron chi connectivity index (χ3n) is 3.72. The van der Waals surface area contributed by atoms with Crippen molar-refractivity contribution >= 4 is 11.8 Å². The largest absolute Gasteiger partial charge is 0.378 e. The van der Waals surface area contributed by atoms with Crippen LogP contribution < -0.4 is 10.6 Å². The van der Waals surface area contributed by atoms with E-state index in [9.17, 15) is 9.59 Å². The van der Waals surface area contributed by atoms with Gasteiger partial charge in [-0.25, -0.2) is 0 Å². The third-order valence-corrected chi connectivity index (χ3v) is 3.72. The lowest BCUT2D eigenvalue weighted by Gasteiger charge is -2.23. The van der Waals surface area contributed by atoms with Crippen LogP contribution in [0.15, 0.2) is 24.4 Å². The summed E-state index contributed by atoms with van der Waals surface area (Å²) in [5.74, 6) is -0.249. The summed E-state index contributed by atoms with van der Waals surface area (Å²) in [6.45, 7) is 2.56. The van der Waals surface area contributed by atoms with Crippen LogP contribution in [-0.2, 0) is 20.7 Å². The molecule has 0 aliphatic carbocycles. The van der Waals surface area contributed by atoms with E-state index in [1.54, 1.807) is 18.1 Å². The molecule has 1 saturated heterocycles. The van der Waals surface area contributed by atoms with Gasteiger partial charge in [0.1, 0.15) is 0 Å². The molecule has 1 aliphatic heterocycles. The van der Waals surface area contributed by atoms with E-state index in [4.69, 9.17) is 4.74 Å². The second-order valence-corrected chi connectivity index (χ2v) is 5.59. The minimum absolute atomic E-state index is 0.0190. The predicted octanol–water partition coefficient (Wildman–Crippen LogP) is -0.423. The summed E-state index contributed by atoms with van der Waals surface area (Å²) in [4.78, 5) is 29.7. The second-order valence-electron chi connectivity index (χ2n) is 5.59. The molecule has 2 rings (SSSR count). The highest BCUT2D eigenvalue weighted by Gasteiger charge is 2.17. The van der Waals surface area contributed by atoms with E-state index < -0.39 is 0 Å². The van der Waals surface area contributed by atoms with Crippen molar-refractivity contribution in [1.29, 1.82) is 0 Å². The number of pyridine rings is 1. The van der Waals surface area contributed by atoms with Crippen molar-refractivity contribution < 1.29 is 14.3 Å². The van der Waals surface area contributed by atoms with Gasteiger partial charge < -0.3 is 20.3 Å². The zero-order valence-electron chi connectivity index (χ0n) is 13.5. The molecule has 0 radical (unpaired) electrons. The standard InChI is InChI=1S/C16H24N4O3/c1-20(8-5-13-4-2-3-6-17-13)16(22)11-19-15(21)10-14-12-23-9-7-18-14/h2-4,6,14,18H,5,7-12H2,1H3,(H,19,21). The smallest absolute Gasteiger partial charge is 0.241 e. The van der Waals surface area contributed by atoms with E-state index in [1.807, 2.05) is 18.2 Å². The molecule has 2 heterocycles. The third kappa shape index (κ3) is 6.33. The molecule has 1 unspecified atom stereocenters. The van der Waals surface area contributed by atoms with Crippen LogP contribution in [0.25, 0.3) is 0 Å². The zero-order valence-corrected chi connectivity index (χ0v) is 13.5. The van der Waals surface area contributed by atoms with Gasteiger partial charge in [-0.1, -0.05) is 6.07 Å². The Kier molecular flexibility index (Phi) is 6.96. The molecule has 1 aromatic heterocycles. The van der Waals surface area contributed by atoms with Crippen LogP contribution in [0.2, 0.25) is 0 Å². The van der Waals surface area contributed by atoms with Gasteiger partial charge in [0, 0.05) is 50.9 Å². The van der Waals surface area contributed by atoms with Crippen LogP contribution in [0, 0.1) is 0 Å². The summed E-state index contributed by atoms with van der Waals surface area (Å²) in [5.41, 5.74) is 0.944. The van der Waals surface area contributed by atoms with Crippen LogP contribution >= 0.6 is 0 Å². The van der Waals surface area contributed by atoms with Gasteiger partial charge in [-0.05, 0) is 12.1 Å². The fourth-order valence-electron chi connectivity index (χ4n) is 2.31. The first-order valence-corrected chi connectivity index (χ1v) is 7.87. The maximum atomic E-state index is 12.0. The molecular weight excluding hydrogens is 296 g/mol. The molecule has 0 bridgehead atoms. The Morgan fingerprint density at radius 2 is 2.35 bits per heavy atom. The van der Waals surface area contributed by atoms with Crippen molar-refractivity contribution in [3.05, 3.63) is 30.1 Å². The molecule has 7 nitrogen and oxygen atoms in total. The molecule has 1 atom stereocenters. The van der Waals surface area contributed by atoms with Crippen molar-refractivity contribution in [2.45, 2.75) is 18.9 Å². The van der Waals surface area contributed by atoms with E-state index in [0.29, 0.717) is 32.6 Å². The van der Waals surface area contributed by atoms with Gasteiger partial charge in [0.05, 0.1) is 19.8 Å². The topological polar surface area (TPSA) is 83.6 Å². The van der Waals surface area contributed by atoms with Gasteiger partial charge in [0.2, 0.25) is 11.8 Å². The van der Waals surface area contributed by atoms with Gasteiger partial charge in [0.25, 0.3) is 0 Å². The molecule has 0 saturated carbocycles. The van der Waals surface area contributed by atoms with Crippen molar-refractivity contribution in [2.24, 2.45) is 0 Å². The number of carbonyl (C=O) groups excluding carboxylic acids is 2. The summed E-state index contributed by atoms with van der Waals surface area (Å²) in [6.07, 6.45) is 2.76. The highest BCUT2D eigenvalue weighted by atomic mass is 16.5. The predicted molar refractivity (Wildman–Crippen MR) is 85.8 cm³/mol. The Morgan fingerprint density at radius 1 is 1.48 bits per heavy atom. The number of rotatable bonds is 7. The lowest BCUT2D eigenvalue weighted by molar-refractivity contribution is -0.132. The number of amides is 2. The van der Waals surface area contributed by atoms with Gasteiger partial charge in [-0.15, -0.1) is 0 Å². The number of nitrogens with zero attached hydrogens (tertiary/aromatic N) is 2. The maximum absolute atomic E-state index is 12.0. The van der Waals surface area contributed by atoms with Crippen LogP contribution in [0.5, 0.6) is 0 Å². The van der Waals surface area contributed by atoms with Crippen molar-refractivity contribution in [3.8, 4) is 0 Å². The number of likely N-dealkylation sites (N-methyl/N-ethyl adjacent to an activating group) is 1. The number of hydrogen-bond acceptors (Lipinski definition) is 5. The molecule has 23 heavy (non-hydrogen) atoms. The molecule has 1 aliphatic rings. The summed E-state index contributed by atoms with van der Waals surface area (Å²) in [6, 6.07) is 5.74. The molecule has 1 fully saturated rings. The van der Waals surface area contributed by atoms with Crippen LogP contribution in [-0.4, -0.2) is 67.6 Å². The molecule has 7 heteroatoms. The number of carbonyl (C=O) groups is 2. The monoisotopic (exact) mass is 320 g/mol. The van der Waals surface area contributed by atoms with E-state index in [0.717, 1.165) is 12.2 Å². The van der Waals surface area contributed by atoms with Crippen LogP contribution in [0.3, 0.4) is 0 Å². The van der Waals surface area contributed by atoms with E-state index in [2.05, 4.69) is 15.6 Å². The second kappa shape index (κ2) is 9.22. The Hall–Kier alpha value is -1.99. The summed E-state index contributed by atoms with van der Waals surface area (Å²) >= 11 is 0. The summed E-state index contributed by atoms with van der Waals surface area (Å²) in [5, 5.41) is 5.88. The fourth-order valence-corrected chi connectivity index (χ4v) is 2.31. The lowest BCUT2D eigenvalue weighted by Crippen LogP contribution is -2.45. The SMILES string of the molecule is CN(CCc1ccccn1)C(=O)CNC(=O)CC1COCCN1. The highest BCUT2D eigenvalue weighted by molar-refractivity contribution is 5.84. The Labute approximate surface area is 136 Å². The number of nitrogens with one attached hydrogen (secondary N) is 2. The molecule has 0 aromatic carbocycles. The molecule has 0 spiro atoms. The molecule has 2 N–H and O–H groups in total. The van der Waals surface area contributed by atoms with Crippen molar-refractivity contribution in [2.75, 3.05) is 39.9 Å². The summed E-state index contributed by atoms with van der Waals surface area (Å²) in [7, 11) is 1.73. The number of aromatic nitrogens is 1. The fraction of sp³-hybridized carbons (Fsp3) is 0.562. The minimum Gasteiger partial charge on any atom is -0.378 e. The van der Waals surface area contributed by atoms with Crippen molar-refractivity contribution in [3.63, 3.8) is 0 Å². The van der Waals surface area contributed by atoms with Gasteiger partial charge >= 0.3 is 0 Å². The molecular formula is C16H24N4O3. The Bertz CT molecular complexity index is 503. The summed E-state index contributed by atoms with van der Waals surface area (Å²) < 4.78 is 5.30. The molecule has 2 amide bonds. The quantitative estimate of drug-likeness (QED) is 0.713. The first-order valence-electron chi connectivity index (χ1n) is 7.87. The molecule has 126 valence electrons. The van der Waals surface area contributed by atoms with Gasteiger partial charge in [0.15, 0.2) is 0 Å². The molecule has 1 aromatic rings. The van der Waals surface area contributed by atoms with Gasteiger partial charge in [-0.3, -0.25) is 14.6 Å². The van der Waals surface area contributed by atoms with E-state index in [-0.39, 0.29) is 24.4 Å². The zero-order chi connectivity index (χ0) is 16.5. The number of ether oxygens (including phenoxy) is 1. The Balaban J connectivity index is 1.64. The average molecular weight is 320 g/mol. The Morgan fingerprint density at radius 3 is 3.04 bits per heavy atom. The van der Waals surface area contributed by atoms with Crippen LogP contribution in [0.4, 0.5) is 0 Å². The highest BCUT2D eigenvalue weighted by Crippen LogP contribution is 1.99.